The van der Waals surface area contributed by atoms with Crippen molar-refractivity contribution in [3.8, 4) is 5.75 Å². The zero-order valence-electron chi connectivity index (χ0n) is 9.65. The van der Waals surface area contributed by atoms with Crippen LogP contribution in [0.1, 0.15) is 6.42 Å². The summed E-state index contributed by atoms with van der Waals surface area (Å²) in [4.78, 5) is -0.571. The molecule has 0 saturated heterocycles. The van der Waals surface area contributed by atoms with Gasteiger partial charge >= 0.3 is 0 Å². The van der Waals surface area contributed by atoms with E-state index in [1.807, 2.05) is 0 Å². The second kappa shape index (κ2) is 6.46. The molecule has 0 radical (unpaired) electrons. The Morgan fingerprint density at radius 1 is 1.39 bits per heavy atom. The van der Waals surface area contributed by atoms with Crippen molar-refractivity contribution in [3.05, 3.63) is 22.4 Å². The number of rotatable bonds is 6. The molecule has 0 fully saturated rings. The van der Waals surface area contributed by atoms with E-state index >= 15 is 0 Å². The van der Waals surface area contributed by atoms with Crippen LogP contribution in [-0.2, 0) is 14.8 Å². The first kappa shape index (κ1) is 15.4. The van der Waals surface area contributed by atoms with E-state index in [4.69, 9.17) is 14.6 Å². The van der Waals surface area contributed by atoms with Gasteiger partial charge in [0.15, 0.2) is 0 Å². The fourth-order valence-electron chi connectivity index (χ4n) is 1.22. The molecule has 18 heavy (non-hydrogen) atoms. The minimum Gasteiger partial charge on any atom is -0.492 e. The van der Waals surface area contributed by atoms with Crippen LogP contribution in [0.5, 0.6) is 5.75 Å². The number of hydrogen-bond acceptors (Lipinski definition) is 4. The first-order valence-corrected chi connectivity index (χ1v) is 7.33. The predicted octanol–water partition coefficient (Wildman–Crippen LogP) is 1.65. The molecular weight excluding hydrogens is 329 g/mol. The van der Waals surface area contributed by atoms with Gasteiger partial charge in [0.25, 0.3) is 0 Å². The summed E-state index contributed by atoms with van der Waals surface area (Å²) in [5.41, 5.74) is 0. The molecule has 2 N–H and O–H groups in total. The average Bonchev–Trinajstić information content (AvgIpc) is 2.27. The van der Waals surface area contributed by atoms with Crippen LogP contribution in [0.4, 0.5) is 4.39 Å². The SMILES string of the molecule is COCCCOc1cc(F)c(S(N)(=O)=O)cc1Br. The molecule has 0 unspecified atom stereocenters. The maximum atomic E-state index is 13.5. The van der Waals surface area contributed by atoms with E-state index in [9.17, 15) is 12.8 Å². The summed E-state index contributed by atoms with van der Waals surface area (Å²) in [6.07, 6.45) is 0.640. The van der Waals surface area contributed by atoms with Gasteiger partial charge in [-0.25, -0.2) is 17.9 Å². The zero-order valence-corrected chi connectivity index (χ0v) is 12.1. The Balaban J connectivity index is 2.87. The minimum atomic E-state index is -4.08. The lowest BCUT2D eigenvalue weighted by Crippen LogP contribution is -2.14. The monoisotopic (exact) mass is 341 g/mol. The van der Waals surface area contributed by atoms with Crippen molar-refractivity contribution in [2.75, 3.05) is 20.3 Å². The highest BCUT2D eigenvalue weighted by Crippen LogP contribution is 2.29. The number of halogens is 2. The van der Waals surface area contributed by atoms with Crippen LogP contribution < -0.4 is 9.88 Å². The Labute approximate surface area is 113 Å². The van der Waals surface area contributed by atoms with Gasteiger partial charge in [0.1, 0.15) is 16.5 Å². The van der Waals surface area contributed by atoms with Gasteiger partial charge in [0.2, 0.25) is 10.0 Å². The van der Waals surface area contributed by atoms with Gasteiger partial charge in [-0.05, 0) is 22.0 Å². The zero-order chi connectivity index (χ0) is 13.8. The van der Waals surface area contributed by atoms with Crippen molar-refractivity contribution in [2.24, 2.45) is 5.14 Å². The third-order valence-electron chi connectivity index (χ3n) is 2.04. The molecule has 0 amide bonds. The molecule has 8 heteroatoms. The molecule has 0 bridgehead atoms. The third kappa shape index (κ3) is 4.20. The van der Waals surface area contributed by atoms with Crippen LogP contribution in [-0.4, -0.2) is 28.7 Å². The lowest BCUT2D eigenvalue weighted by atomic mass is 10.3. The Hall–Kier alpha value is -0.700. The van der Waals surface area contributed by atoms with E-state index in [2.05, 4.69) is 15.9 Å². The summed E-state index contributed by atoms with van der Waals surface area (Å²) < 4.78 is 46.1. The smallest absolute Gasteiger partial charge is 0.241 e. The first-order chi connectivity index (χ1) is 8.36. The number of methoxy groups -OCH3 is 1. The van der Waals surface area contributed by atoms with Crippen LogP contribution in [0.3, 0.4) is 0 Å². The average molecular weight is 342 g/mol. The molecule has 0 aliphatic heterocycles. The highest BCUT2D eigenvalue weighted by molar-refractivity contribution is 9.10. The fourth-order valence-corrected chi connectivity index (χ4v) is 2.45. The van der Waals surface area contributed by atoms with Gasteiger partial charge in [0, 0.05) is 26.2 Å². The molecule has 1 aromatic carbocycles. The molecule has 0 spiro atoms. The van der Waals surface area contributed by atoms with Gasteiger partial charge in [-0.3, -0.25) is 0 Å². The van der Waals surface area contributed by atoms with Gasteiger partial charge in [-0.15, -0.1) is 0 Å². The van der Waals surface area contributed by atoms with E-state index in [0.717, 1.165) is 12.1 Å². The highest BCUT2D eigenvalue weighted by atomic mass is 79.9. The van der Waals surface area contributed by atoms with Gasteiger partial charge in [-0.1, -0.05) is 0 Å². The van der Waals surface area contributed by atoms with E-state index in [0.29, 0.717) is 24.1 Å². The first-order valence-electron chi connectivity index (χ1n) is 5.00. The summed E-state index contributed by atoms with van der Waals surface area (Å²) in [5.74, 6) is -0.724. The van der Waals surface area contributed by atoms with Crippen LogP contribution in [0.15, 0.2) is 21.5 Å². The standard InChI is InChI=1S/C10H13BrFNO4S/c1-16-3-2-4-17-9-6-8(12)10(5-7(9)11)18(13,14)15/h5-6H,2-4H2,1H3,(H2,13,14,15). The van der Waals surface area contributed by atoms with E-state index in [1.54, 1.807) is 7.11 Å². The highest BCUT2D eigenvalue weighted by Gasteiger charge is 2.17. The molecule has 0 saturated carbocycles. The topological polar surface area (TPSA) is 78.6 Å². The quantitative estimate of drug-likeness (QED) is 0.798. The van der Waals surface area contributed by atoms with Gasteiger partial charge in [-0.2, -0.15) is 0 Å². The molecule has 0 aliphatic rings. The summed E-state index contributed by atoms with van der Waals surface area (Å²) >= 11 is 3.10. The van der Waals surface area contributed by atoms with Crippen molar-refractivity contribution in [3.63, 3.8) is 0 Å². The summed E-state index contributed by atoms with van der Waals surface area (Å²) in [6.45, 7) is 0.857. The number of nitrogens with two attached hydrogens (primary N) is 1. The van der Waals surface area contributed by atoms with Crippen LogP contribution in [0, 0.1) is 5.82 Å². The molecule has 0 aliphatic carbocycles. The van der Waals surface area contributed by atoms with E-state index < -0.39 is 20.7 Å². The Bertz CT molecular complexity index is 521. The molecule has 0 aromatic heterocycles. The number of ether oxygens (including phenoxy) is 2. The van der Waals surface area contributed by atoms with E-state index in [1.165, 1.54) is 0 Å². The van der Waals surface area contributed by atoms with E-state index in [-0.39, 0.29) is 5.75 Å². The lowest BCUT2D eigenvalue weighted by Gasteiger charge is -2.10. The van der Waals surface area contributed by atoms with Crippen molar-refractivity contribution >= 4 is 26.0 Å². The Morgan fingerprint density at radius 2 is 2.06 bits per heavy atom. The number of benzene rings is 1. The number of primary sulfonamides is 1. The summed E-state index contributed by atoms with van der Waals surface area (Å²) in [5, 5.41) is 4.87. The van der Waals surface area contributed by atoms with Crippen LogP contribution in [0.2, 0.25) is 0 Å². The third-order valence-corrected chi connectivity index (χ3v) is 3.59. The van der Waals surface area contributed by atoms with Crippen molar-refractivity contribution in [1.29, 1.82) is 0 Å². The maximum Gasteiger partial charge on any atom is 0.241 e. The molecule has 1 rings (SSSR count). The molecule has 102 valence electrons. The fraction of sp³-hybridized carbons (Fsp3) is 0.400. The minimum absolute atomic E-state index is 0.219. The predicted molar refractivity (Wildman–Crippen MR) is 67.5 cm³/mol. The molecule has 0 heterocycles. The molecule has 0 atom stereocenters. The summed E-state index contributed by atoms with van der Waals surface area (Å²) in [6, 6.07) is 2.06. The largest absolute Gasteiger partial charge is 0.492 e. The van der Waals surface area contributed by atoms with Crippen molar-refractivity contribution in [2.45, 2.75) is 11.3 Å². The summed E-state index contributed by atoms with van der Waals surface area (Å²) in [7, 11) is -2.52. The molecule has 1 aromatic rings. The molecular formula is C10H13BrFNO4S. The van der Waals surface area contributed by atoms with Crippen molar-refractivity contribution in [1.82, 2.24) is 0 Å². The van der Waals surface area contributed by atoms with Gasteiger partial charge < -0.3 is 9.47 Å². The van der Waals surface area contributed by atoms with Crippen LogP contribution in [0.25, 0.3) is 0 Å². The van der Waals surface area contributed by atoms with Crippen molar-refractivity contribution < 1.29 is 22.3 Å². The number of hydrogen-bond donors (Lipinski definition) is 1. The Morgan fingerprint density at radius 3 is 2.61 bits per heavy atom. The molecule has 5 nitrogen and oxygen atoms in total. The van der Waals surface area contributed by atoms with Gasteiger partial charge in [0.05, 0.1) is 11.1 Å². The second-order valence-corrected chi connectivity index (χ2v) is 5.84. The Kier molecular flexibility index (Phi) is 5.51. The maximum absolute atomic E-state index is 13.5. The normalized spacial score (nSPS) is 11.6. The second-order valence-electron chi connectivity index (χ2n) is 3.45. The van der Waals surface area contributed by atoms with Crippen LogP contribution >= 0.6 is 15.9 Å². The number of sulfonamides is 1. The lowest BCUT2D eigenvalue weighted by molar-refractivity contribution is 0.171.